The van der Waals surface area contributed by atoms with E-state index in [2.05, 4.69) is 20.6 Å². The molecule has 0 fully saturated rings. The van der Waals surface area contributed by atoms with Gasteiger partial charge in [0, 0.05) is 40.3 Å². The van der Waals surface area contributed by atoms with Gasteiger partial charge in [-0.1, -0.05) is 12.1 Å². The number of rotatable bonds is 4. The Bertz CT molecular complexity index is 1260. The van der Waals surface area contributed by atoms with Crippen LogP contribution in [0.3, 0.4) is 0 Å². The van der Waals surface area contributed by atoms with Crippen LogP contribution in [-0.2, 0) is 6.18 Å². The topological polar surface area (TPSA) is 86.9 Å². The van der Waals surface area contributed by atoms with Gasteiger partial charge in [0.05, 0.1) is 5.56 Å². The molecule has 0 spiro atoms. The van der Waals surface area contributed by atoms with Gasteiger partial charge in [0.25, 0.3) is 0 Å². The van der Waals surface area contributed by atoms with Crippen LogP contribution >= 0.6 is 0 Å². The van der Waals surface area contributed by atoms with Crippen molar-refractivity contribution in [2.24, 2.45) is 0 Å². The third-order valence-corrected chi connectivity index (χ3v) is 4.55. The van der Waals surface area contributed by atoms with E-state index in [1.54, 1.807) is 42.7 Å². The van der Waals surface area contributed by atoms with E-state index in [9.17, 15) is 22.8 Å². The van der Waals surface area contributed by atoms with Gasteiger partial charge in [-0.3, -0.25) is 4.79 Å². The number of H-pyrrole nitrogens is 1. The SMILES string of the molecule is O=C(Nc1ccc(C(F)(F)F)cc1)Nc1cccc(C(=O)c2c[nH]c3ncccc23)c1. The van der Waals surface area contributed by atoms with E-state index >= 15 is 0 Å². The number of alkyl halides is 3. The molecule has 2 aromatic heterocycles. The summed E-state index contributed by atoms with van der Waals surface area (Å²) >= 11 is 0. The zero-order chi connectivity index (χ0) is 22.0. The van der Waals surface area contributed by atoms with E-state index in [4.69, 9.17) is 0 Å². The summed E-state index contributed by atoms with van der Waals surface area (Å²) < 4.78 is 37.9. The number of nitrogens with one attached hydrogen (secondary N) is 3. The molecule has 0 saturated heterocycles. The van der Waals surface area contributed by atoms with Crippen molar-refractivity contribution in [2.45, 2.75) is 6.18 Å². The predicted octanol–water partition coefficient (Wildman–Crippen LogP) is 5.46. The minimum Gasteiger partial charge on any atom is -0.345 e. The summed E-state index contributed by atoms with van der Waals surface area (Å²) in [5, 5.41) is 5.71. The molecule has 3 N–H and O–H groups in total. The second-order valence-corrected chi connectivity index (χ2v) is 6.67. The monoisotopic (exact) mass is 424 g/mol. The first-order chi connectivity index (χ1) is 14.8. The van der Waals surface area contributed by atoms with Crippen LogP contribution in [0.5, 0.6) is 0 Å². The molecule has 0 saturated carbocycles. The maximum absolute atomic E-state index is 12.9. The molecule has 4 aromatic rings. The van der Waals surface area contributed by atoms with E-state index in [0.29, 0.717) is 27.8 Å². The molecule has 156 valence electrons. The Labute approximate surface area is 174 Å². The summed E-state index contributed by atoms with van der Waals surface area (Å²) in [6.45, 7) is 0. The highest BCUT2D eigenvalue weighted by atomic mass is 19.4. The highest BCUT2D eigenvalue weighted by molar-refractivity contribution is 6.16. The molecule has 4 rings (SSSR count). The number of carbonyl (C=O) groups is 2. The number of aromatic amines is 1. The third kappa shape index (κ3) is 4.40. The van der Waals surface area contributed by atoms with E-state index in [0.717, 1.165) is 24.3 Å². The maximum atomic E-state index is 12.9. The number of hydrogen-bond donors (Lipinski definition) is 3. The van der Waals surface area contributed by atoms with Crippen LogP contribution in [0.1, 0.15) is 21.5 Å². The summed E-state index contributed by atoms with van der Waals surface area (Å²) in [7, 11) is 0. The first-order valence-corrected chi connectivity index (χ1v) is 9.13. The lowest BCUT2D eigenvalue weighted by Crippen LogP contribution is -2.19. The van der Waals surface area contributed by atoms with Crippen molar-refractivity contribution in [3.8, 4) is 0 Å². The molecule has 0 unspecified atom stereocenters. The number of aromatic nitrogens is 2. The number of nitrogens with zero attached hydrogens (tertiary/aromatic N) is 1. The number of urea groups is 1. The van der Waals surface area contributed by atoms with Crippen LogP contribution < -0.4 is 10.6 Å². The van der Waals surface area contributed by atoms with Gasteiger partial charge in [0.15, 0.2) is 5.78 Å². The molecule has 0 atom stereocenters. The van der Waals surface area contributed by atoms with Gasteiger partial charge in [-0.05, 0) is 48.5 Å². The van der Waals surface area contributed by atoms with E-state index in [1.807, 2.05) is 0 Å². The second-order valence-electron chi connectivity index (χ2n) is 6.67. The lowest BCUT2D eigenvalue weighted by atomic mass is 10.0. The van der Waals surface area contributed by atoms with Crippen molar-refractivity contribution in [3.63, 3.8) is 0 Å². The Hall–Kier alpha value is -4.14. The molecule has 2 amide bonds. The quantitative estimate of drug-likeness (QED) is 0.381. The number of amides is 2. The minimum atomic E-state index is -4.45. The van der Waals surface area contributed by atoms with E-state index in [-0.39, 0.29) is 11.5 Å². The Balaban J connectivity index is 1.47. The van der Waals surface area contributed by atoms with Crippen molar-refractivity contribution in [3.05, 3.63) is 89.7 Å². The maximum Gasteiger partial charge on any atom is 0.416 e. The smallest absolute Gasteiger partial charge is 0.345 e. The number of ketones is 1. The highest BCUT2D eigenvalue weighted by Crippen LogP contribution is 2.30. The van der Waals surface area contributed by atoms with Gasteiger partial charge in [0.1, 0.15) is 5.65 Å². The van der Waals surface area contributed by atoms with E-state index < -0.39 is 17.8 Å². The van der Waals surface area contributed by atoms with Gasteiger partial charge < -0.3 is 15.6 Å². The molecule has 2 heterocycles. The van der Waals surface area contributed by atoms with Crippen molar-refractivity contribution in [1.82, 2.24) is 9.97 Å². The van der Waals surface area contributed by atoms with Crippen LogP contribution in [0.25, 0.3) is 11.0 Å². The van der Waals surface area contributed by atoms with E-state index in [1.165, 1.54) is 6.07 Å². The van der Waals surface area contributed by atoms with Gasteiger partial charge in [-0.15, -0.1) is 0 Å². The van der Waals surface area contributed by atoms with Crippen molar-refractivity contribution < 1.29 is 22.8 Å². The molecular weight excluding hydrogens is 409 g/mol. The fourth-order valence-electron chi connectivity index (χ4n) is 3.07. The molecule has 6 nitrogen and oxygen atoms in total. The van der Waals surface area contributed by atoms with Crippen LogP contribution in [0.15, 0.2) is 73.1 Å². The zero-order valence-electron chi connectivity index (χ0n) is 15.8. The average molecular weight is 424 g/mol. The standard InChI is InChI=1S/C22H15F3N4O2/c23-22(24,25)14-6-8-15(9-7-14)28-21(31)29-16-4-1-3-13(11-16)19(30)18-12-27-20-17(18)5-2-10-26-20/h1-12H,(H,26,27)(H2,28,29,31). The van der Waals surface area contributed by atoms with Crippen molar-refractivity contribution >= 4 is 34.2 Å². The fraction of sp³-hybridized carbons (Fsp3) is 0.0455. The lowest BCUT2D eigenvalue weighted by molar-refractivity contribution is -0.137. The molecule has 2 aromatic carbocycles. The number of fused-ring (bicyclic) bond motifs is 1. The number of anilines is 2. The van der Waals surface area contributed by atoms with Gasteiger partial charge in [0.2, 0.25) is 0 Å². The first-order valence-electron chi connectivity index (χ1n) is 9.13. The molecule has 31 heavy (non-hydrogen) atoms. The summed E-state index contributed by atoms with van der Waals surface area (Å²) in [4.78, 5) is 32.2. The average Bonchev–Trinajstić information content (AvgIpc) is 3.17. The zero-order valence-corrected chi connectivity index (χ0v) is 15.8. The van der Waals surface area contributed by atoms with Crippen molar-refractivity contribution in [1.29, 1.82) is 0 Å². The largest absolute Gasteiger partial charge is 0.416 e. The van der Waals surface area contributed by atoms with Crippen LogP contribution in [0.4, 0.5) is 29.3 Å². The summed E-state index contributed by atoms with van der Waals surface area (Å²) in [6, 6.07) is 13.3. The molecule has 0 aliphatic carbocycles. The Kier molecular flexibility index (Phi) is 5.16. The number of hydrogen-bond acceptors (Lipinski definition) is 3. The molecule has 0 aliphatic heterocycles. The normalized spacial score (nSPS) is 11.3. The van der Waals surface area contributed by atoms with Gasteiger partial charge in [-0.25, -0.2) is 9.78 Å². The molecule has 9 heteroatoms. The molecular formula is C22H15F3N4O2. The van der Waals surface area contributed by atoms with Crippen molar-refractivity contribution in [2.75, 3.05) is 10.6 Å². The molecule has 0 aliphatic rings. The Morgan fingerprint density at radius 2 is 1.65 bits per heavy atom. The van der Waals surface area contributed by atoms with Crippen LogP contribution in [0, 0.1) is 0 Å². The number of carbonyl (C=O) groups excluding carboxylic acids is 2. The van der Waals surface area contributed by atoms with Crippen LogP contribution in [0.2, 0.25) is 0 Å². The molecule has 0 bridgehead atoms. The first kappa shape index (κ1) is 20.1. The third-order valence-electron chi connectivity index (χ3n) is 4.55. The van der Waals surface area contributed by atoms with Gasteiger partial charge in [-0.2, -0.15) is 13.2 Å². The summed E-state index contributed by atoms with van der Waals surface area (Å²) in [5.41, 5.74) is 1.15. The number of pyridine rings is 1. The summed E-state index contributed by atoms with van der Waals surface area (Å²) in [6.07, 6.45) is -1.25. The lowest BCUT2D eigenvalue weighted by Gasteiger charge is -2.10. The fourth-order valence-corrected chi connectivity index (χ4v) is 3.07. The predicted molar refractivity (Wildman–Crippen MR) is 110 cm³/mol. The molecule has 0 radical (unpaired) electrons. The highest BCUT2D eigenvalue weighted by Gasteiger charge is 2.30. The van der Waals surface area contributed by atoms with Crippen LogP contribution in [-0.4, -0.2) is 21.8 Å². The number of halogens is 3. The summed E-state index contributed by atoms with van der Waals surface area (Å²) in [5.74, 6) is -0.244. The Morgan fingerprint density at radius 1 is 0.903 bits per heavy atom. The second kappa shape index (κ2) is 7.94. The minimum absolute atomic E-state index is 0.198. The Morgan fingerprint density at radius 3 is 2.39 bits per heavy atom. The number of benzene rings is 2. The van der Waals surface area contributed by atoms with Gasteiger partial charge >= 0.3 is 12.2 Å².